The van der Waals surface area contributed by atoms with E-state index in [0.29, 0.717) is 0 Å². The van der Waals surface area contributed by atoms with Crippen LogP contribution in [-0.2, 0) is 9.53 Å². The summed E-state index contributed by atoms with van der Waals surface area (Å²) in [5.74, 6) is -0.471. The van der Waals surface area contributed by atoms with Crippen LogP contribution in [0, 0.1) is 0 Å². The van der Waals surface area contributed by atoms with E-state index < -0.39 is 12.0 Å². The van der Waals surface area contributed by atoms with Crippen molar-refractivity contribution < 1.29 is 9.53 Å². The van der Waals surface area contributed by atoms with Crippen molar-refractivity contribution in [2.24, 2.45) is 5.73 Å². The minimum atomic E-state index is -0.497. The molecule has 82 valence electrons. The molecule has 0 fully saturated rings. The van der Waals surface area contributed by atoms with Gasteiger partial charge in [0.15, 0.2) is 0 Å². The summed E-state index contributed by atoms with van der Waals surface area (Å²) in [5, 5.41) is 0. The van der Waals surface area contributed by atoms with Crippen molar-refractivity contribution in [2.75, 3.05) is 7.11 Å². The van der Waals surface area contributed by atoms with Crippen molar-refractivity contribution in [1.82, 2.24) is 0 Å². The Hall–Kier alpha value is -1.32. The first-order valence-corrected chi connectivity index (χ1v) is 4.24. The van der Waals surface area contributed by atoms with Gasteiger partial charge in [0.2, 0.25) is 0 Å². The van der Waals surface area contributed by atoms with E-state index in [4.69, 9.17) is 5.73 Å². The number of esters is 1. The normalized spacial score (nSPS) is 11.1. The van der Waals surface area contributed by atoms with Crippen LogP contribution in [0.5, 0.6) is 0 Å². The Kier molecular flexibility index (Phi) is 5.67. The Morgan fingerprint density at radius 2 is 1.93 bits per heavy atom. The highest BCUT2D eigenvalue weighted by Crippen LogP contribution is 2.17. The zero-order valence-corrected chi connectivity index (χ0v) is 9.29. The third-order valence-corrected chi connectivity index (χ3v) is 1.98. The molecule has 2 N–H and O–H groups in total. The number of carbonyl (C=O) groups excluding carboxylic acids is 1. The fourth-order valence-corrected chi connectivity index (χ4v) is 1.12. The van der Waals surface area contributed by atoms with Crippen LogP contribution < -0.4 is 5.73 Å². The van der Waals surface area contributed by atoms with E-state index in [9.17, 15) is 4.79 Å². The number of hydrogen-bond acceptors (Lipinski definition) is 3. The highest BCUT2D eigenvalue weighted by atomic mass is 35.5. The van der Waals surface area contributed by atoms with Crippen LogP contribution in [0.15, 0.2) is 42.5 Å². The number of rotatable bonds is 3. The molecule has 0 aromatic heterocycles. The van der Waals surface area contributed by atoms with Crippen LogP contribution in [0.3, 0.4) is 0 Å². The van der Waals surface area contributed by atoms with E-state index in [0.717, 1.165) is 5.56 Å². The highest BCUT2D eigenvalue weighted by Gasteiger charge is 2.16. The maximum Gasteiger partial charge on any atom is 0.335 e. The number of ether oxygens (including phenoxy) is 1. The molecule has 0 amide bonds. The van der Waals surface area contributed by atoms with E-state index in [-0.39, 0.29) is 18.0 Å². The summed E-state index contributed by atoms with van der Waals surface area (Å²) in [6.45, 7) is 3.60. The Labute approximate surface area is 95.3 Å². The molecule has 4 heteroatoms. The third-order valence-electron chi connectivity index (χ3n) is 1.98. The highest BCUT2D eigenvalue weighted by molar-refractivity contribution is 5.89. The SMILES string of the molecule is C=C(C(=O)OC)C(N)c1ccccc1.Cl. The smallest absolute Gasteiger partial charge is 0.335 e. The molecular formula is C11H14ClNO2. The Morgan fingerprint density at radius 3 is 2.40 bits per heavy atom. The van der Waals surface area contributed by atoms with Crippen LogP contribution in [0.2, 0.25) is 0 Å². The van der Waals surface area contributed by atoms with Crippen molar-refractivity contribution in [3.63, 3.8) is 0 Å². The lowest BCUT2D eigenvalue weighted by Gasteiger charge is -2.12. The maximum atomic E-state index is 11.1. The summed E-state index contributed by atoms with van der Waals surface area (Å²) in [6.07, 6.45) is 0. The van der Waals surface area contributed by atoms with E-state index in [1.165, 1.54) is 7.11 Å². The number of benzene rings is 1. The fraction of sp³-hybridized carbons (Fsp3) is 0.182. The predicted octanol–water partition coefficient (Wildman–Crippen LogP) is 1.84. The molecule has 1 rings (SSSR count). The molecular weight excluding hydrogens is 214 g/mol. The summed E-state index contributed by atoms with van der Waals surface area (Å²) in [6, 6.07) is 8.80. The molecule has 0 saturated heterocycles. The number of halogens is 1. The molecule has 1 aromatic carbocycles. The molecule has 0 spiro atoms. The van der Waals surface area contributed by atoms with Gasteiger partial charge in [0.25, 0.3) is 0 Å². The van der Waals surface area contributed by atoms with E-state index in [1.54, 1.807) is 0 Å². The molecule has 0 saturated carbocycles. The maximum absolute atomic E-state index is 11.1. The summed E-state index contributed by atoms with van der Waals surface area (Å²) in [7, 11) is 1.31. The molecule has 0 radical (unpaired) electrons. The zero-order chi connectivity index (χ0) is 10.6. The number of methoxy groups -OCH3 is 1. The van der Waals surface area contributed by atoms with Gasteiger partial charge < -0.3 is 10.5 Å². The monoisotopic (exact) mass is 227 g/mol. The van der Waals surface area contributed by atoms with Gasteiger partial charge in [-0.25, -0.2) is 4.79 Å². The van der Waals surface area contributed by atoms with Crippen LogP contribution in [0.1, 0.15) is 11.6 Å². The standard InChI is InChI=1S/C11H13NO2.ClH/c1-8(11(13)14-2)10(12)9-6-4-3-5-7-9;/h3-7,10H,1,12H2,2H3;1H. The van der Waals surface area contributed by atoms with E-state index in [2.05, 4.69) is 11.3 Å². The van der Waals surface area contributed by atoms with Crippen molar-refractivity contribution in [1.29, 1.82) is 0 Å². The second-order valence-electron chi connectivity index (χ2n) is 2.91. The van der Waals surface area contributed by atoms with Gasteiger partial charge in [0, 0.05) is 0 Å². The Bertz CT molecular complexity index is 338. The Balaban J connectivity index is 0.00000196. The molecule has 0 heterocycles. The first-order valence-electron chi connectivity index (χ1n) is 4.24. The van der Waals surface area contributed by atoms with Gasteiger partial charge in [0.1, 0.15) is 0 Å². The first-order chi connectivity index (χ1) is 6.66. The third kappa shape index (κ3) is 3.38. The molecule has 1 aromatic rings. The zero-order valence-electron chi connectivity index (χ0n) is 8.47. The first kappa shape index (κ1) is 13.7. The molecule has 1 unspecified atom stereocenters. The molecule has 0 aliphatic heterocycles. The molecule has 0 bridgehead atoms. The topological polar surface area (TPSA) is 52.3 Å². The van der Waals surface area contributed by atoms with Crippen LogP contribution in [0.4, 0.5) is 0 Å². The van der Waals surface area contributed by atoms with Gasteiger partial charge in [-0.15, -0.1) is 12.4 Å². The Morgan fingerprint density at radius 1 is 1.40 bits per heavy atom. The fourth-order valence-electron chi connectivity index (χ4n) is 1.12. The summed E-state index contributed by atoms with van der Waals surface area (Å²) >= 11 is 0. The van der Waals surface area contributed by atoms with Crippen LogP contribution >= 0.6 is 12.4 Å². The van der Waals surface area contributed by atoms with Gasteiger partial charge in [-0.2, -0.15) is 0 Å². The minimum absolute atomic E-state index is 0. The second kappa shape index (κ2) is 6.22. The summed E-state index contributed by atoms with van der Waals surface area (Å²) in [4.78, 5) is 11.1. The van der Waals surface area contributed by atoms with Crippen molar-refractivity contribution in [3.8, 4) is 0 Å². The predicted molar refractivity (Wildman–Crippen MR) is 61.8 cm³/mol. The average molecular weight is 228 g/mol. The summed E-state index contributed by atoms with van der Waals surface area (Å²) < 4.78 is 4.54. The van der Waals surface area contributed by atoms with Crippen molar-refractivity contribution in [2.45, 2.75) is 6.04 Å². The van der Waals surface area contributed by atoms with E-state index in [1.807, 2.05) is 30.3 Å². The van der Waals surface area contributed by atoms with Gasteiger partial charge in [-0.05, 0) is 5.56 Å². The van der Waals surface area contributed by atoms with Gasteiger partial charge in [-0.3, -0.25) is 0 Å². The number of hydrogen-bond donors (Lipinski definition) is 1. The molecule has 1 atom stereocenters. The molecule has 0 aliphatic rings. The molecule has 0 aliphatic carbocycles. The molecule has 15 heavy (non-hydrogen) atoms. The quantitative estimate of drug-likeness (QED) is 0.633. The molecule has 3 nitrogen and oxygen atoms in total. The minimum Gasteiger partial charge on any atom is -0.466 e. The van der Waals surface area contributed by atoms with Crippen LogP contribution in [-0.4, -0.2) is 13.1 Å². The second-order valence-corrected chi connectivity index (χ2v) is 2.91. The lowest BCUT2D eigenvalue weighted by Crippen LogP contribution is -2.19. The van der Waals surface area contributed by atoms with Gasteiger partial charge in [-0.1, -0.05) is 36.9 Å². The average Bonchev–Trinajstić information content (AvgIpc) is 2.27. The summed E-state index contributed by atoms with van der Waals surface area (Å²) in [5.41, 5.74) is 6.93. The van der Waals surface area contributed by atoms with Gasteiger partial charge in [0.05, 0.1) is 18.7 Å². The van der Waals surface area contributed by atoms with E-state index >= 15 is 0 Å². The largest absolute Gasteiger partial charge is 0.466 e. The van der Waals surface area contributed by atoms with Crippen molar-refractivity contribution >= 4 is 18.4 Å². The number of carbonyl (C=O) groups is 1. The van der Waals surface area contributed by atoms with Crippen LogP contribution in [0.25, 0.3) is 0 Å². The lowest BCUT2D eigenvalue weighted by atomic mass is 10.0. The number of nitrogens with two attached hydrogens (primary N) is 1. The lowest BCUT2D eigenvalue weighted by molar-refractivity contribution is -0.136. The van der Waals surface area contributed by atoms with Crippen molar-refractivity contribution in [3.05, 3.63) is 48.0 Å². The van der Waals surface area contributed by atoms with Gasteiger partial charge >= 0.3 is 5.97 Å².